The van der Waals surface area contributed by atoms with Gasteiger partial charge in [-0.2, -0.15) is 4.98 Å². The molecule has 0 N–H and O–H groups in total. The maximum Gasteiger partial charge on any atom is 0.243 e. The van der Waals surface area contributed by atoms with Crippen molar-refractivity contribution in [2.24, 2.45) is 0 Å². The van der Waals surface area contributed by atoms with Gasteiger partial charge in [-0.3, -0.25) is 9.80 Å². The average molecular weight is 336 g/mol. The number of aromatic nitrogens is 2. The SMILES string of the molecule is Cc1noc([C@@H](C)N2CCN([C@@H](C)c3cc(F)ccc3F)CC2)n1. The minimum atomic E-state index is -0.405. The molecule has 1 saturated heterocycles. The molecule has 1 aliphatic heterocycles. The van der Waals surface area contributed by atoms with Gasteiger partial charge in [-0.05, 0) is 39.0 Å². The summed E-state index contributed by atoms with van der Waals surface area (Å²) in [5.41, 5.74) is 0.407. The first-order valence-corrected chi connectivity index (χ1v) is 8.19. The molecule has 0 amide bonds. The van der Waals surface area contributed by atoms with Crippen LogP contribution in [0.4, 0.5) is 8.78 Å². The van der Waals surface area contributed by atoms with Crippen molar-refractivity contribution in [3.8, 4) is 0 Å². The van der Waals surface area contributed by atoms with E-state index in [2.05, 4.69) is 19.9 Å². The molecule has 2 aromatic rings. The molecule has 24 heavy (non-hydrogen) atoms. The molecule has 2 heterocycles. The van der Waals surface area contributed by atoms with Gasteiger partial charge in [0.15, 0.2) is 5.82 Å². The van der Waals surface area contributed by atoms with Crippen LogP contribution in [0, 0.1) is 18.6 Å². The Morgan fingerprint density at radius 3 is 2.25 bits per heavy atom. The molecule has 1 fully saturated rings. The van der Waals surface area contributed by atoms with Crippen molar-refractivity contribution in [1.82, 2.24) is 19.9 Å². The molecule has 0 saturated carbocycles. The third-order valence-corrected chi connectivity index (χ3v) is 4.75. The summed E-state index contributed by atoms with van der Waals surface area (Å²) in [6.07, 6.45) is 0. The number of halogens is 2. The van der Waals surface area contributed by atoms with E-state index in [0.717, 1.165) is 32.2 Å². The second-order valence-corrected chi connectivity index (χ2v) is 6.27. The fourth-order valence-corrected chi connectivity index (χ4v) is 3.18. The van der Waals surface area contributed by atoms with Gasteiger partial charge in [-0.15, -0.1) is 0 Å². The van der Waals surface area contributed by atoms with E-state index in [1.807, 2.05) is 13.8 Å². The number of hydrogen-bond donors (Lipinski definition) is 0. The topological polar surface area (TPSA) is 45.4 Å². The van der Waals surface area contributed by atoms with Crippen LogP contribution in [0.1, 0.15) is 43.2 Å². The molecule has 1 aliphatic rings. The second-order valence-electron chi connectivity index (χ2n) is 6.27. The number of rotatable bonds is 4. The highest BCUT2D eigenvalue weighted by Crippen LogP contribution is 2.27. The Morgan fingerprint density at radius 1 is 1.04 bits per heavy atom. The van der Waals surface area contributed by atoms with Gasteiger partial charge < -0.3 is 4.52 Å². The quantitative estimate of drug-likeness (QED) is 0.858. The zero-order valence-corrected chi connectivity index (χ0v) is 14.2. The largest absolute Gasteiger partial charge is 0.338 e. The number of piperazine rings is 1. The summed E-state index contributed by atoms with van der Waals surface area (Å²) in [6.45, 7) is 8.92. The molecular weight excluding hydrogens is 314 g/mol. The summed E-state index contributed by atoms with van der Waals surface area (Å²) in [4.78, 5) is 8.71. The Bertz CT molecular complexity index is 698. The summed E-state index contributed by atoms with van der Waals surface area (Å²) >= 11 is 0. The third kappa shape index (κ3) is 3.47. The Balaban J connectivity index is 1.63. The lowest BCUT2D eigenvalue weighted by Gasteiger charge is -2.39. The number of hydrogen-bond acceptors (Lipinski definition) is 5. The van der Waals surface area contributed by atoms with E-state index < -0.39 is 5.82 Å². The maximum atomic E-state index is 14.0. The predicted octanol–water partition coefficient (Wildman–Crippen LogP) is 3.10. The summed E-state index contributed by atoms with van der Waals surface area (Å²) in [6, 6.07) is 3.52. The normalized spacial score (nSPS) is 19.4. The Labute approximate surface area is 140 Å². The van der Waals surface area contributed by atoms with E-state index in [0.29, 0.717) is 17.3 Å². The molecule has 0 bridgehead atoms. The molecule has 130 valence electrons. The van der Waals surface area contributed by atoms with Crippen molar-refractivity contribution in [2.45, 2.75) is 32.9 Å². The number of benzene rings is 1. The molecule has 0 spiro atoms. The molecule has 1 aromatic heterocycles. The molecule has 7 heteroatoms. The van der Waals surface area contributed by atoms with Gasteiger partial charge in [-0.1, -0.05) is 5.16 Å². The number of nitrogens with zero attached hydrogens (tertiary/aromatic N) is 4. The standard InChI is InChI=1S/C17H22F2N4O/c1-11(15-10-14(18)4-5-16(15)19)22-6-8-23(9-7-22)12(2)17-20-13(3)21-24-17/h4-5,10-12H,6-9H2,1-3H3/t11-,12+/m0/s1. The van der Waals surface area contributed by atoms with Crippen molar-refractivity contribution in [3.63, 3.8) is 0 Å². The zero-order valence-electron chi connectivity index (χ0n) is 14.2. The van der Waals surface area contributed by atoms with Crippen molar-refractivity contribution in [1.29, 1.82) is 0 Å². The van der Waals surface area contributed by atoms with Crippen molar-refractivity contribution in [2.75, 3.05) is 26.2 Å². The highest BCUT2D eigenvalue weighted by molar-refractivity contribution is 5.22. The fraction of sp³-hybridized carbons (Fsp3) is 0.529. The summed E-state index contributed by atoms with van der Waals surface area (Å²) in [7, 11) is 0. The summed E-state index contributed by atoms with van der Waals surface area (Å²) < 4.78 is 32.6. The van der Waals surface area contributed by atoms with Crippen LogP contribution in [0.5, 0.6) is 0 Å². The highest BCUT2D eigenvalue weighted by atomic mass is 19.1. The van der Waals surface area contributed by atoms with Crippen LogP contribution in [0.15, 0.2) is 22.7 Å². The first-order chi connectivity index (χ1) is 11.5. The molecule has 2 atom stereocenters. The first-order valence-electron chi connectivity index (χ1n) is 8.19. The third-order valence-electron chi connectivity index (χ3n) is 4.75. The van der Waals surface area contributed by atoms with Crippen LogP contribution >= 0.6 is 0 Å². The average Bonchev–Trinajstić information content (AvgIpc) is 3.02. The lowest BCUT2D eigenvalue weighted by Crippen LogP contribution is -2.48. The summed E-state index contributed by atoms with van der Waals surface area (Å²) in [5, 5.41) is 3.83. The van der Waals surface area contributed by atoms with Gasteiger partial charge >= 0.3 is 0 Å². The Hall–Kier alpha value is -1.86. The highest BCUT2D eigenvalue weighted by Gasteiger charge is 2.28. The van der Waals surface area contributed by atoms with Gasteiger partial charge in [0, 0.05) is 37.8 Å². The monoisotopic (exact) mass is 336 g/mol. The Morgan fingerprint density at radius 2 is 1.67 bits per heavy atom. The van der Waals surface area contributed by atoms with E-state index >= 15 is 0 Å². The molecule has 0 radical (unpaired) electrons. The van der Waals surface area contributed by atoms with E-state index in [4.69, 9.17) is 4.52 Å². The smallest absolute Gasteiger partial charge is 0.243 e. The molecule has 1 aromatic carbocycles. The van der Waals surface area contributed by atoms with E-state index in [9.17, 15) is 8.78 Å². The van der Waals surface area contributed by atoms with Gasteiger partial charge in [-0.25, -0.2) is 8.78 Å². The van der Waals surface area contributed by atoms with Gasteiger partial charge in [0.2, 0.25) is 5.89 Å². The fourth-order valence-electron chi connectivity index (χ4n) is 3.18. The molecule has 3 rings (SSSR count). The maximum absolute atomic E-state index is 14.0. The van der Waals surface area contributed by atoms with E-state index in [1.165, 1.54) is 12.1 Å². The molecular formula is C17H22F2N4O. The van der Waals surface area contributed by atoms with Gasteiger partial charge in [0.1, 0.15) is 11.6 Å². The van der Waals surface area contributed by atoms with E-state index in [-0.39, 0.29) is 17.9 Å². The summed E-state index contributed by atoms with van der Waals surface area (Å²) in [5.74, 6) is 0.481. The minimum absolute atomic E-state index is 0.0505. The van der Waals surface area contributed by atoms with Crippen LogP contribution in [-0.2, 0) is 0 Å². The van der Waals surface area contributed by atoms with Crippen LogP contribution in [0.25, 0.3) is 0 Å². The minimum Gasteiger partial charge on any atom is -0.338 e. The van der Waals surface area contributed by atoms with Gasteiger partial charge in [0.25, 0.3) is 0 Å². The molecule has 0 aliphatic carbocycles. The molecule has 0 unspecified atom stereocenters. The van der Waals surface area contributed by atoms with Crippen molar-refractivity contribution < 1.29 is 13.3 Å². The van der Waals surface area contributed by atoms with Crippen molar-refractivity contribution >= 4 is 0 Å². The predicted molar refractivity (Wildman–Crippen MR) is 85.4 cm³/mol. The number of aryl methyl sites for hydroxylation is 1. The zero-order chi connectivity index (χ0) is 17.3. The van der Waals surface area contributed by atoms with Gasteiger partial charge in [0.05, 0.1) is 6.04 Å². The first kappa shape index (κ1) is 17.0. The Kier molecular flexibility index (Phi) is 4.91. The van der Waals surface area contributed by atoms with Crippen molar-refractivity contribution in [3.05, 3.63) is 47.1 Å². The van der Waals surface area contributed by atoms with Crippen LogP contribution in [0.2, 0.25) is 0 Å². The van der Waals surface area contributed by atoms with Crippen LogP contribution in [0.3, 0.4) is 0 Å². The lowest BCUT2D eigenvalue weighted by atomic mass is 10.0. The van der Waals surface area contributed by atoms with Crippen LogP contribution < -0.4 is 0 Å². The van der Waals surface area contributed by atoms with E-state index in [1.54, 1.807) is 6.92 Å². The second kappa shape index (κ2) is 6.94. The molecule has 5 nitrogen and oxygen atoms in total. The lowest BCUT2D eigenvalue weighted by molar-refractivity contribution is 0.0668. The van der Waals surface area contributed by atoms with Crippen LogP contribution in [-0.4, -0.2) is 46.1 Å².